The molecular formula is C18H32N4O2. The summed E-state index contributed by atoms with van der Waals surface area (Å²) in [5.41, 5.74) is 0.343. The van der Waals surface area contributed by atoms with Crippen molar-refractivity contribution in [3.8, 4) is 5.88 Å². The fraction of sp³-hybridized carbons (Fsp3) is 0.667. The molecule has 0 aliphatic carbocycles. The Kier molecular flexibility index (Phi) is 9.15. The average Bonchev–Trinajstić information content (AvgIpc) is 2.58. The summed E-state index contributed by atoms with van der Waals surface area (Å²) in [6.07, 6.45) is 5.21. The highest BCUT2D eigenvalue weighted by atomic mass is 16.5. The lowest BCUT2D eigenvalue weighted by atomic mass is 9.93. The van der Waals surface area contributed by atoms with Crippen molar-refractivity contribution in [2.75, 3.05) is 20.2 Å². The minimum atomic E-state index is -0.681. The van der Waals surface area contributed by atoms with Gasteiger partial charge in [-0.3, -0.25) is 0 Å². The van der Waals surface area contributed by atoms with E-state index in [4.69, 9.17) is 4.74 Å². The summed E-state index contributed by atoms with van der Waals surface area (Å²) in [4.78, 5) is 8.68. The Bertz CT molecular complexity index is 500. The van der Waals surface area contributed by atoms with Crippen LogP contribution in [0.15, 0.2) is 23.3 Å². The van der Waals surface area contributed by atoms with Crippen molar-refractivity contribution in [1.29, 1.82) is 0 Å². The predicted molar refractivity (Wildman–Crippen MR) is 98.4 cm³/mol. The number of pyridine rings is 1. The zero-order chi connectivity index (χ0) is 17.8. The first-order chi connectivity index (χ1) is 11.6. The molecule has 1 aromatic heterocycles. The van der Waals surface area contributed by atoms with E-state index in [1.165, 1.54) is 0 Å². The fourth-order valence-corrected chi connectivity index (χ4v) is 2.65. The van der Waals surface area contributed by atoms with E-state index in [0.717, 1.165) is 37.8 Å². The highest BCUT2D eigenvalue weighted by molar-refractivity contribution is 5.79. The van der Waals surface area contributed by atoms with Crippen molar-refractivity contribution in [3.63, 3.8) is 0 Å². The molecule has 1 aromatic rings. The molecule has 0 unspecified atom stereocenters. The summed E-state index contributed by atoms with van der Waals surface area (Å²) < 4.78 is 5.13. The van der Waals surface area contributed by atoms with E-state index < -0.39 is 5.60 Å². The van der Waals surface area contributed by atoms with Crippen LogP contribution >= 0.6 is 0 Å². The van der Waals surface area contributed by atoms with Crippen LogP contribution < -0.4 is 15.4 Å². The van der Waals surface area contributed by atoms with Crippen LogP contribution in [0.3, 0.4) is 0 Å². The topological polar surface area (TPSA) is 78.8 Å². The Labute approximate surface area is 145 Å². The zero-order valence-corrected chi connectivity index (χ0v) is 15.4. The SMILES string of the molecule is CCCC(O)(CCC)CNC(=NCc1ccnc(OC)c1)NCC. The van der Waals surface area contributed by atoms with E-state index in [2.05, 4.69) is 34.5 Å². The Hall–Kier alpha value is -1.82. The van der Waals surface area contributed by atoms with Gasteiger partial charge < -0.3 is 20.5 Å². The molecule has 6 nitrogen and oxygen atoms in total. The number of aliphatic hydroxyl groups is 1. The van der Waals surface area contributed by atoms with Gasteiger partial charge in [-0.2, -0.15) is 0 Å². The largest absolute Gasteiger partial charge is 0.481 e. The van der Waals surface area contributed by atoms with Gasteiger partial charge in [0.15, 0.2) is 5.96 Å². The minimum absolute atomic E-state index is 0.500. The number of hydrogen-bond donors (Lipinski definition) is 3. The third kappa shape index (κ3) is 7.17. The van der Waals surface area contributed by atoms with Gasteiger partial charge in [0.1, 0.15) is 0 Å². The molecule has 3 N–H and O–H groups in total. The lowest BCUT2D eigenvalue weighted by molar-refractivity contribution is 0.0257. The van der Waals surface area contributed by atoms with E-state index in [9.17, 15) is 5.11 Å². The van der Waals surface area contributed by atoms with E-state index in [-0.39, 0.29) is 0 Å². The molecule has 6 heteroatoms. The number of rotatable bonds is 10. The normalized spacial score (nSPS) is 12.1. The van der Waals surface area contributed by atoms with Crippen LogP contribution in [-0.2, 0) is 6.54 Å². The molecule has 0 bridgehead atoms. The number of ether oxygens (including phenoxy) is 1. The van der Waals surface area contributed by atoms with Crippen LogP contribution in [0.4, 0.5) is 0 Å². The van der Waals surface area contributed by atoms with Crippen molar-refractivity contribution in [3.05, 3.63) is 23.9 Å². The fourth-order valence-electron chi connectivity index (χ4n) is 2.65. The van der Waals surface area contributed by atoms with Gasteiger partial charge in [0, 0.05) is 25.4 Å². The van der Waals surface area contributed by atoms with Gasteiger partial charge >= 0.3 is 0 Å². The molecule has 0 atom stereocenters. The summed E-state index contributed by atoms with van der Waals surface area (Å²) in [5, 5.41) is 17.2. The summed E-state index contributed by atoms with van der Waals surface area (Å²) in [7, 11) is 1.60. The Morgan fingerprint density at radius 1 is 1.25 bits per heavy atom. The second-order valence-electron chi connectivity index (χ2n) is 5.98. The first-order valence-electron chi connectivity index (χ1n) is 8.80. The second kappa shape index (κ2) is 10.9. The molecule has 136 valence electrons. The molecule has 24 heavy (non-hydrogen) atoms. The van der Waals surface area contributed by atoms with E-state index in [1.54, 1.807) is 13.3 Å². The third-order valence-electron chi connectivity index (χ3n) is 3.79. The standard InChI is InChI=1S/C18H32N4O2/c1-5-9-18(23,10-6-2)14-22-17(19-7-3)21-13-15-8-11-20-16(12-15)24-4/h8,11-12,23H,5-7,9-10,13-14H2,1-4H3,(H2,19,21,22). The molecule has 1 rings (SSSR count). The van der Waals surface area contributed by atoms with Crippen LogP contribution in [-0.4, -0.2) is 41.9 Å². The summed E-state index contributed by atoms with van der Waals surface area (Å²) >= 11 is 0. The highest BCUT2D eigenvalue weighted by Crippen LogP contribution is 2.18. The molecule has 0 saturated carbocycles. The Morgan fingerprint density at radius 2 is 1.96 bits per heavy atom. The van der Waals surface area contributed by atoms with Crippen molar-refractivity contribution in [2.45, 2.75) is 58.6 Å². The van der Waals surface area contributed by atoms with Gasteiger partial charge in [-0.15, -0.1) is 0 Å². The van der Waals surface area contributed by atoms with E-state index >= 15 is 0 Å². The van der Waals surface area contributed by atoms with Gasteiger partial charge in [-0.25, -0.2) is 9.98 Å². The molecule has 0 fully saturated rings. The lowest BCUT2D eigenvalue weighted by Crippen LogP contribution is -2.47. The van der Waals surface area contributed by atoms with Crippen LogP contribution in [0.2, 0.25) is 0 Å². The predicted octanol–water partition coefficient (Wildman–Crippen LogP) is 2.48. The Morgan fingerprint density at radius 3 is 2.54 bits per heavy atom. The van der Waals surface area contributed by atoms with Crippen molar-refractivity contribution in [1.82, 2.24) is 15.6 Å². The number of aliphatic imine (C=N–C) groups is 1. The van der Waals surface area contributed by atoms with Crippen LogP contribution in [0.5, 0.6) is 5.88 Å². The van der Waals surface area contributed by atoms with Crippen LogP contribution in [0, 0.1) is 0 Å². The summed E-state index contributed by atoms with van der Waals surface area (Å²) in [6.45, 7) is 8.00. The smallest absolute Gasteiger partial charge is 0.213 e. The number of methoxy groups -OCH3 is 1. The Balaban J connectivity index is 2.70. The molecule has 0 aromatic carbocycles. The number of guanidine groups is 1. The molecule has 0 spiro atoms. The molecule has 1 heterocycles. The average molecular weight is 336 g/mol. The van der Waals surface area contributed by atoms with Gasteiger partial charge in [0.2, 0.25) is 5.88 Å². The lowest BCUT2D eigenvalue weighted by Gasteiger charge is -2.28. The van der Waals surface area contributed by atoms with Gasteiger partial charge in [-0.1, -0.05) is 26.7 Å². The van der Waals surface area contributed by atoms with Crippen molar-refractivity contribution < 1.29 is 9.84 Å². The number of aromatic nitrogens is 1. The maximum Gasteiger partial charge on any atom is 0.213 e. The first kappa shape index (κ1) is 20.2. The summed E-state index contributed by atoms with van der Waals surface area (Å²) in [5.74, 6) is 1.29. The van der Waals surface area contributed by atoms with Crippen molar-refractivity contribution in [2.24, 2.45) is 4.99 Å². The number of nitrogens with one attached hydrogen (secondary N) is 2. The number of nitrogens with zero attached hydrogens (tertiary/aromatic N) is 2. The molecule has 0 radical (unpaired) electrons. The number of hydrogen-bond acceptors (Lipinski definition) is 4. The van der Waals surface area contributed by atoms with Crippen molar-refractivity contribution >= 4 is 5.96 Å². The maximum absolute atomic E-state index is 10.7. The van der Waals surface area contributed by atoms with E-state index in [0.29, 0.717) is 24.9 Å². The highest BCUT2D eigenvalue weighted by Gasteiger charge is 2.24. The van der Waals surface area contributed by atoms with E-state index in [1.807, 2.05) is 19.1 Å². The molecule has 0 saturated heterocycles. The van der Waals surface area contributed by atoms with Gasteiger partial charge in [-0.05, 0) is 31.4 Å². The minimum Gasteiger partial charge on any atom is -0.481 e. The molecule has 0 aliphatic heterocycles. The molecule has 0 aliphatic rings. The van der Waals surface area contributed by atoms with Crippen LogP contribution in [0.1, 0.15) is 52.0 Å². The quantitative estimate of drug-likeness (QED) is 0.452. The third-order valence-corrected chi connectivity index (χ3v) is 3.79. The monoisotopic (exact) mass is 336 g/mol. The van der Waals surface area contributed by atoms with Gasteiger partial charge in [0.25, 0.3) is 0 Å². The van der Waals surface area contributed by atoms with Crippen LogP contribution in [0.25, 0.3) is 0 Å². The molecule has 0 amide bonds. The van der Waals surface area contributed by atoms with Gasteiger partial charge in [0.05, 0.1) is 19.3 Å². The zero-order valence-electron chi connectivity index (χ0n) is 15.4. The summed E-state index contributed by atoms with van der Waals surface area (Å²) in [6, 6.07) is 3.79. The second-order valence-corrected chi connectivity index (χ2v) is 5.98. The maximum atomic E-state index is 10.7. The molecular weight excluding hydrogens is 304 g/mol. The first-order valence-corrected chi connectivity index (χ1v) is 8.80.